The minimum absolute atomic E-state index is 0.191. The standard InChI is InChI=1S/C16H13BrCl2O2/c1-9-3-6-15(13(17)7-9)21-10(2)16(20)12-5-4-11(18)8-14(12)19/h3-8,10H,1-2H3. The zero-order valence-electron chi connectivity index (χ0n) is 11.5. The van der Waals surface area contributed by atoms with Gasteiger partial charge in [-0.3, -0.25) is 4.79 Å². The summed E-state index contributed by atoms with van der Waals surface area (Å²) >= 11 is 15.3. The molecule has 21 heavy (non-hydrogen) atoms. The number of hydrogen-bond donors (Lipinski definition) is 0. The fourth-order valence-corrected chi connectivity index (χ4v) is 2.94. The third-order valence-corrected chi connectivity index (χ3v) is 4.12. The van der Waals surface area contributed by atoms with Gasteiger partial charge >= 0.3 is 0 Å². The highest BCUT2D eigenvalue weighted by molar-refractivity contribution is 9.10. The maximum atomic E-state index is 12.4. The van der Waals surface area contributed by atoms with Gasteiger partial charge in [-0.15, -0.1) is 0 Å². The van der Waals surface area contributed by atoms with Crippen molar-refractivity contribution in [1.29, 1.82) is 0 Å². The highest BCUT2D eigenvalue weighted by atomic mass is 79.9. The van der Waals surface area contributed by atoms with Crippen LogP contribution in [0.4, 0.5) is 0 Å². The fourth-order valence-electron chi connectivity index (χ4n) is 1.85. The summed E-state index contributed by atoms with van der Waals surface area (Å²) in [6.07, 6.45) is -0.650. The van der Waals surface area contributed by atoms with E-state index < -0.39 is 6.10 Å². The summed E-state index contributed by atoms with van der Waals surface area (Å²) in [6.45, 7) is 3.68. The van der Waals surface area contributed by atoms with Crippen LogP contribution in [0.25, 0.3) is 0 Å². The molecule has 0 aliphatic carbocycles. The van der Waals surface area contributed by atoms with Gasteiger partial charge < -0.3 is 4.74 Å². The Morgan fingerprint density at radius 2 is 1.90 bits per heavy atom. The average molecular weight is 388 g/mol. The zero-order valence-corrected chi connectivity index (χ0v) is 14.6. The van der Waals surface area contributed by atoms with Crippen LogP contribution in [-0.2, 0) is 0 Å². The van der Waals surface area contributed by atoms with E-state index >= 15 is 0 Å². The van der Waals surface area contributed by atoms with Crippen LogP contribution in [-0.4, -0.2) is 11.9 Å². The second kappa shape index (κ2) is 6.82. The topological polar surface area (TPSA) is 26.3 Å². The average Bonchev–Trinajstić information content (AvgIpc) is 2.41. The maximum Gasteiger partial charge on any atom is 0.204 e. The van der Waals surface area contributed by atoms with Gasteiger partial charge in [0, 0.05) is 10.6 Å². The van der Waals surface area contributed by atoms with Gasteiger partial charge in [0.05, 0.1) is 9.50 Å². The lowest BCUT2D eigenvalue weighted by Gasteiger charge is -2.16. The molecule has 110 valence electrons. The van der Waals surface area contributed by atoms with E-state index in [1.165, 1.54) is 0 Å². The molecule has 0 amide bonds. The first-order chi connectivity index (χ1) is 9.88. The number of rotatable bonds is 4. The molecule has 2 rings (SSSR count). The molecule has 2 aromatic rings. The summed E-state index contributed by atoms with van der Waals surface area (Å²) in [5.74, 6) is 0.427. The van der Waals surface area contributed by atoms with Crippen molar-refractivity contribution in [2.24, 2.45) is 0 Å². The number of benzene rings is 2. The lowest BCUT2D eigenvalue weighted by molar-refractivity contribution is 0.0817. The normalized spacial score (nSPS) is 12.0. The van der Waals surface area contributed by atoms with Crippen LogP contribution >= 0.6 is 39.1 Å². The van der Waals surface area contributed by atoms with E-state index in [9.17, 15) is 4.79 Å². The molecule has 1 atom stereocenters. The van der Waals surface area contributed by atoms with Gasteiger partial charge in [0.15, 0.2) is 6.10 Å². The predicted octanol–water partition coefficient (Wildman–Crippen LogP) is 5.71. The number of aryl methyl sites for hydroxylation is 1. The first-order valence-corrected chi connectivity index (χ1v) is 7.85. The van der Waals surface area contributed by atoms with Crippen molar-refractivity contribution in [2.75, 3.05) is 0 Å². The molecule has 0 aromatic heterocycles. The molecular formula is C16H13BrCl2O2. The van der Waals surface area contributed by atoms with Gasteiger partial charge in [0.25, 0.3) is 0 Å². The summed E-state index contributed by atoms with van der Waals surface area (Å²) in [4.78, 5) is 12.4. The number of Topliss-reactive ketones (excluding diaryl/α,β-unsaturated/α-hetero) is 1. The lowest BCUT2D eigenvalue weighted by Crippen LogP contribution is -2.24. The zero-order chi connectivity index (χ0) is 15.6. The number of hydrogen-bond acceptors (Lipinski definition) is 2. The lowest BCUT2D eigenvalue weighted by atomic mass is 10.1. The molecule has 0 aliphatic rings. The Morgan fingerprint density at radius 3 is 2.52 bits per heavy atom. The Labute approximate surface area is 142 Å². The number of halogens is 3. The van der Waals surface area contributed by atoms with Gasteiger partial charge in [-0.25, -0.2) is 0 Å². The first kappa shape index (κ1) is 16.3. The minimum atomic E-state index is -0.650. The van der Waals surface area contributed by atoms with Crippen LogP contribution in [0.5, 0.6) is 5.75 Å². The third kappa shape index (κ3) is 4.00. The third-order valence-electron chi connectivity index (χ3n) is 2.96. The molecule has 1 unspecified atom stereocenters. The predicted molar refractivity (Wildman–Crippen MR) is 89.8 cm³/mol. The van der Waals surface area contributed by atoms with Crippen LogP contribution in [0.3, 0.4) is 0 Å². The fraction of sp³-hybridized carbons (Fsp3) is 0.188. The highest BCUT2D eigenvalue weighted by Gasteiger charge is 2.20. The van der Waals surface area contributed by atoms with Crippen LogP contribution in [0, 0.1) is 6.92 Å². The summed E-state index contributed by atoms with van der Waals surface area (Å²) in [7, 11) is 0. The molecule has 2 nitrogen and oxygen atoms in total. The van der Waals surface area contributed by atoms with Crippen LogP contribution in [0.2, 0.25) is 10.0 Å². The Kier molecular flexibility index (Phi) is 5.31. The number of carbonyl (C=O) groups is 1. The summed E-state index contributed by atoms with van der Waals surface area (Å²) in [6, 6.07) is 10.5. The van der Waals surface area contributed by atoms with Gasteiger partial charge in [0.2, 0.25) is 5.78 Å². The monoisotopic (exact) mass is 386 g/mol. The summed E-state index contributed by atoms with van der Waals surface area (Å²) in [5, 5.41) is 0.817. The van der Waals surface area contributed by atoms with E-state index in [1.807, 2.05) is 25.1 Å². The van der Waals surface area contributed by atoms with E-state index in [0.717, 1.165) is 10.0 Å². The number of carbonyl (C=O) groups excluding carboxylic acids is 1. The molecular weight excluding hydrogens is 375 g/mol. The SMILES string of the molecule is Cc1ccc(OC(C)C(=O)c2ccc(Cl)cc2Cl)c(Br)c1. The van der Waals surface area contributed by atoms with Crippen molar-refractivity contribution < 1.29 is 9.53 Å². The number of ketones is 1. The van der Waals surface area contributed by atoms with E-state index in [-0.39, 0.29) is 5.78 Å². The smallest absolute Gasteiger partial charge is 0.204 e. The van der Waals surface area contributed by atoms with Crippen LogP contribution < -0.4 is 4.74 Å². The number of ether oxygens (including phenoxy) is 1. The summed E-state index contributed by atoms with van der Waals surface area (Å²) in [5.41, 5.74) is 1.51. The summed E-state index contributed by atoms with van der Waals surface area (Å²) < 4.78 is 6.52. The van der Waals surface area contributed by atoms with Gasteiger partial charge in [-0.1, -0.05) is 29.3 Å². The van der Waals surface area contributed by atoms with E-state index in [4.69, 9.17) is 27.9 Å². The molecule has 0 heterocycles. The molecule has 5 heteroatoms. The van der Waals surface area contributed by atoms with Crippen molar-refractivity contribution in [2.45, 2.75) is 20.0 Å². The first-order valence-electron chi connectivity index (χ1n) is 6.30. The van der Waals surface area contributed by atoms with Crippen LogP contribution in [0.15, 0.2) is 40.9 Å². The largest absolute Gasteiger partial charge is 0.481 e. The quantitative estimate of drug-likeness (QED) is 0.627. The molecule has 0 N–H and O–H groups in total. The highest BCUT2D eigenvalue weighted by Crippen LogP contribution is 2.28. The van der Waals surface area contributed by atoms with Crippen molar-refractivity contribution >= 4 is 44.9 Å². The maximum absolute atomic E-state index is 12.4. The Morgan fingerprint density at radius 1 is 1.19 bits per heavy atom. The molecule has 0 radical (unpaired) electrons. The second-order valence-corrected chi connectivity index (χ2v) is 6.38. The van der Waals surface area contributed by atoms with Crippen LogP contribution in [0.1, 0.15) is 22.8 Å². The van der Waals surface area contributed by atoms with Gasteiger partial charge in [0.1, 0.15) is 5.75 Å². The van der Waals surface area contributed by atoms with Crippen molar-refractivity contribution in [3.63, 3.8) is 0 Å². The molecule has 0 bridgehead atoms. The van der Waals surface area contributed by atoms with Gasteiger partial charge in [-0.2, -0.15) is 0 Å². The van der Waals surface area contributed by atoms with E-state index in [2.05, 4.69) is 15.9 Å². The van der Waals surface area contributed by atoms with E-state index in [0.29, 0.717) is 21.4 Å². The minimum Gasteiger partial charge on any atom is -0.481 e. The van der Waals surface area contributed by atoms with E-state index in [1.54, 1.807) is 25.1 Å². The molecule has 0 aliphatic heterocycles. The Balaban J connectivity index is 2.19. The molecule has 0 fully saturated rings. The van der Waals surface area contributed by atoms with Crippen molar-refractivity contribution in [1.82, 2.24) is 0 Å². The molecule has 0 spiro atoms. The molecule has 0 saturated carbocycles. The Bertz CT molecular complexity index is 686. The molecule has 2 aromatic carbocycles. The molecule has 0 saturated heterocycles. The Hall–Kier alpha value is -1.03. The second-order valence-electron chi connectivity index (χ2n) is 4.68. The van der Waals surface area contributed by atoms with Crippen molar-refractivity contribution in [3.05, 3.63) is 62.0 Å². The van der Waals surface area contributed by atoms with Gasteiger partial charge in [-0.05, 0) is 65.7 Å². The van der Waals surface area contributed by atoms with Crippen molar-refractivity contribution in [3.8, 4) is 5.75 Å².